The predicted molar refractivity (Wildman–Crippen MR) is 127 cm³/mol. The van der Waals surface area contributed by atoms with Crippen molar-refractivity contribution in [3.8, 4) is 11.5 Å². The standard InChI is InChI=1S/C23H24N4O2S2/c28-21(17-31-23(30)19-10-5-2-6-11-19)27-13-7-12-26(14-15-27)16-20-24-22(29-25-20)18-8-3-1-4-9-18/h1-6,8-11H,7,12-17H2. The lowest BCUT2D eigenvalue weighted by Gasteiger charge is -2.21. The molecule has 0 unspecified atom stereocenters. The van der Waals surface area contributed by atoms with Gasteiger partial charge in [-0.3, -0.25) is 9.69 Å². The molecule has 0 saturated carbocycles. The molecule has 4 rings (SSSR count). The Labute approximate surface area is 191 Å². The molecular formula is C23H24N4O2S2. The summed E-state index contributed by atoms with van der Waals surface area (Å²) >= 11 is 6.89. The first kappa shape index (κ1) is 21.7. The van der Waals surface area contributed by atoms with Gasteiger partial charge in [-0.15, -0.1) is 11.8 Å². The van der Waals surface area contributed by atoms with Crippen molar-refractivity contribution in [3.63, 3.8) is 0 Å². The van der Waals surface area contributed by atoms with Gasteiger partial charge in [0.2, 0.25) is 5.91 Å². The second-order valence-corrected chi connectivity index (χ2v) is 8.99. The second-order valence-electron chi connectivity index (χ2n) is 7.33. The summed E-state index contributed by atoms with van der Waals surface area (Å²) in [6.07, 6.45) is 0.920. The lowest BCUT2D eigenvalue weighted by Crippen LogP contribution is -2.36. The van der Waals surface area contributed by atoms with Gasteiger partial charge in [0.15, 0.2) is 5.82 Å². The number of aromatic nitrogens is 2. The normalized spacial score (nSPS) is 14.9. The van der Waals surface area contributed by atoms with Crippen LogP contribution in [0.25, 0.3) is 11.5 Å². The molecule has 1 amide bonds. The van der Waals surface area contributed by atoms with Gasteiger partial charge < -0.3 is 9.42 Å². The summed E-state index contributed by atoms with van der Waals surface area (Å²) in [4.78, 5) is 21.4. The summed E-state index contributed by atoms with van der Waals surface area (Å²) in [6.45, 7) is 3.75. The minimum atomic E-state index is 0.135. The summed E-state index contributed by atoms with van der Waals surface area (Å²) < 4.78 is 6.17. The average molecular weight is 453 g/mol. The molecule has 2 heterocycles. The fourth-order valence-corrected chi connectivity index (χ4v) is 4.52. The Morgan fingerprint density at radius 3 is 2.52 bits per heavy atom. The summed E-state index contributed by atoms with van der Waals surface area (Å²) in [5, 5.41) is 4.12. The smallest absolute Gasteiger partial charge is 0.257 e. The van der Waals surface area contributed by atoms with Crippen LogP contribution in [0.2, 0.25) is 0 Å². The number of nitrogens with zero attached hydrogens (tertiary/aromatic N) is 4. The van der Waals surface area contributed by atoms with E-state index in [9.17, 15) is 4.79 Å². The number of carbonyl (C=O) groups excluding carboxylic acids is 1. The first-order chi connectivity index (χ1) is 15.2. The highest BCUT2D eigenvalue weighted by Crippen LogP contribution is 2.18. The van der Waals surface area contributed by atoms with E-state index >= 15 is 0 Å². The van der Waals surface area contributed by atoms with E-state index in [1.165, 1.54) is 11.8 Å². The topological polar surface area (TPSA) is 62.5 Å². The van der Waals surface area contributed by atoms with Gasteiger partial charge in [-0.2, -0.15) is 4.98 Å². The van der Waals surface area contributed by atoms with Crippen molar-refractivity contribution in [3.05, 3.63) is 72.1 Å². The Morgan fingerprint density at radius 2 is 1.74 bits per heavy atom. The number of hydrogen-bond donors (Lipinski definition) is 0. The third-order valence-corrected chi connectivity index (χ3v) is 6.61. The Morgan fingerprint density at radius 1 is 1.00 bits per heavy atom. The lowest BCUT2D eigenvalue weighted by atomic mass is 10.2. The van der Waals surface area contributed by atoms with E-state index in [0.29, 0.717) is 30.6 Å². The zero-order chi connectivity index (χ0) is 21.5. The van der Waals surface area contributed by atoms with Crippen LogP contribution in [0.15, 0.2) is 65.2 Å². The number of benzene rings is 2. The zero-order valence-corrected chi connectivity index (χ0v) is 18.8. The van der Waals surface area contributed by atoms with Crippen molar-refractivity contribution < 1.29 is 9.32 Å². The number of thioether (sulfide) groups is 1. The highest BCUT2D eigenvalue weighted by Gasteiger charge is 2.21. The largest absolute Gasteiger partial charge is 0.341 e. The molecule has 160 valence electrons. The van der Waals surface area contributed by atoms with Gasteiger partial charge in [-0.05, 0) is 24.1 Å². The van der Waals surface area contributed by atoms with Gasteiger partial charge >= 0.3 is 0 Å². The Balaban J connectivity index is 1.26. The zero-order valence-electron chi connectivity index (χ0n) is 17.1. The van der Waals surface area contributed by atoms with Crippen molar-refractivity contribution >= 4 is 34.1 Å². The van der Waals surface area contributed by atoms with Gasteiger partial charge in [0, 0.05) is 31.7 Å². The second kappa shape index (κ2) is 10.7. The SMILES string of the molecule is O=C(CSC(=S)c1ccccc1)N1CCCN(Cc2noc(-c3ccccc3)n2)CC1. The van der Waals surface area contributed by atoms with Crippen LogP contribution in [-0.2, 0) is 11.3 Å². The van der Waals surface area contributed by atoms with E-state index in [4.69, 9.17) is 16.7 Å². The van der Waals surface area contributed by atoms with Crippen LogP contribution in [0.4, 0.5) is 0 Å². The minimum absolute atomic E-state index is 0.135. The van der Waals surface area contributed by atoms with Crippen molar-refractivity contribution in [2.45, 2.75) is 13.0 Å². The molecule has 31 heavy (non-hydrogen) atoms. The predicted octanol–water partition coefficient (Wildman–Crippen LogP) is 3.88. The number of hydrogen-bond acceptors (Lipinski definition) is 7. The van der Waals surface area contributed by atoms with Crippen LogP contribution in [-0.4, -0.2) is 62.0 Å². The Hall–Kier alpha value is -2.55. The summed E-state index contributed by atoms with van der Waals surface area (Å²) in [5.74, 6) is 1.71. The van der Waals surface area contributed by atoms with E-state index < -0.39 is 0 Å². The fraction of sp³-hybridized carbons (Fsp3) is 0.304. The van der Waals surface area contributed by atoms with Gasteiger partial charge in [0.1, 0.15) is 0 Å². The van der Waals surface area contributed by atoms with Crippen LogP contribution >= 0.6 is 24.0 Å². The van der Waals surface area contributed by atoms with Crippen LogP contribution in [0.5, 0.6) is 0 Å². The molecule has 3 aromatic rings. The van der Waals surface area contributed by atoms with E-state index in [1.807, 2.05) is 65.6 Å². The maximum atomic E-state index is 12.7. The molecule has 0 aliphatic carbocycles. The van der Waals surface area contributed by atoms with E-state index in [2.05, 4.69) is 15.0 Å². The molecule has 0 spiro atoms. The Bertz CT molecular complexity index is 1010. The molecule has 0 atom stereocenters. The fourth-order valence-electron chi connectivity index (χ4n) is 3.47. The van der Waals surface area contributed by atoms with E-state index in [-0.39, 0.29) is 5.91 Å². The number of thiocarbonyl (C=S) groups is 1. The molecule has 1 aromatic heterocycles. The molecule has 1 saturated heterocycles. The molecule has 0 radical (unpaired) electrons. The number of carbonyl (C=O) groups is 1. The van der Waals surface area contributed by atoms with Crippen molar-refractivity contribution in [2.24, 2.45) is 0 Å². The maximum absolute atomic E-state index is 12.7. The minimum Gasteiger partial charge on any atom is -0.341 e. The van der Waals surface area contributed by atoms with Crippen LogP contribution in [0, 0.1) is 0 Å². The maximum Gasteiger partial charge on any atom is 0.257 e. The molecule has 1 fully saturated rings. The quantitative estimate of drug-likeness (QED) is 0.526. The van der Waals surface area contributed by atoms with Gasteiger partial charge in [-0.1, -0.05) is 65.9 Å². The molecule has 0 bridgehead atoms. The first-order valence-electron chi connectivity index (χ1n) is 10.3. The first-order valence-corrected chi connectivity index (χ1v) is 11.7. The molecular weight excluding hydrogens is 428 g/mol. The molecule has 6 nitrogen and oxygen atoms in total. The van der Waals surface area contributed by atoms with Crippen molar-refractivity contribution in [2.75, 3.05) is 31.9 Å². The summed E-state index contributed by atoms with van der Waals surface area (Å²) in [7, 11) is 0. The van der Waals surface area contributed by atoms with Crippen molar-refractivity contribution in [1.29, 1.82) is 0 Å². The lowest BCUT2D eigenvalue weighted by molar-refractivity contribution is -0.128. The molecule has 8 heteroatoms. The van der Waals surface area contributed by atoms with Gasteiger partial charge in [-0.25, -0.2) is 0 Å². The Kier molecular flexibility index (Phi) is 7.45. The van der Waals surface area contributed by atoms with Crippen molar-refractivity contribution in [1.82, 2.24) is 19.9 Å². The van der Waals surface area contributed by atoms with Gasteiger partial charge in [0.25, 0.3) is 5.89 Å². The van der Waals surface area contributed by atoms with E-state index in [0.717, 1.165) is 41.4 Å². The third kappa shape index (κ3) is 6.00. The molecule has 1 aliphatic heterocycles. The van der Waals surface area contributed by atoms with E-state index in [1.54, 1.807) is 0 Å². The summed E-state index contributed by atoms with van der Waals surface area (Å²) in [5.41, 5.74) is 1.91. The van der Waals surface area contributed by atoms with Crippen LogP contribution in [0.1, 0.15) is 17.8 Å². The highest BCUT2D eigenvalue weighted by atomic mass is 32.2. The third-order valence-electron chi connectivity index (χ3n) is 5.13. The monoisotopic (exact) mass is 452 g/mol. The number of rotatable bonds is 6. The van der Waals surface area contributed by atoms with Crippen LogP contribution in [0.3, 0.4) is 0 Å². The number of amides is 1. The molecule has 0 N–H and O–H groups in total. The molecule has 2 aromatic carbocycles. The molecule has 1 aliphatic rings. The average Bonchev–Trinajstić information content (AvgIpc) is 3.16. The van der Waals surface area contributed by atoms with Gasteiger partial charge in [0.05, 0.1) is 16.5 Å². The summed E-state index contributed by atoms with van der Waals surface area (Å²) in [6, 6.07) is 19.6. The highest BCUT2D eigenvalue weighted by molar-refractivity contribution is 8.24. The van der Waals surface area contributed by atoms with Crippen LogP contribution < -0.4 is 0 Å².